The number of aromatic nitrogens is 3. The SMILES string of the molecule is COc1cccn2c(=O)c(CO)c(Nc3ccc(C)nc3)nc12. The zero-order valence-electron chi connectivity index (χ0n) is 12.8. The largest absolute Gasteiger partial charge is 0.493 e. The quantitative estimate of drug-likeness (QED) is 0.761. The molecule has 0 aromatic carbocycles. The fourth-order valence-corrected chi connectivity index (χ4v) is 2.26. The van der Waals surface area contributed by atoms with Gasteiger partial charge >= 0.3 is 0 Å². The fourth-order valence-electron chi connectivity index (χ4n) is 2.26. The van der Waals surface area contributed by atoms with E-state index >= 15 is 0 Å². The maximum Gasteiger partial charge on any atom is 0.265 e. The van der Waals surface area contributed by atoms with E-state index in [0.717, 1.165) is 5.69 Å². The van der Waals surface area contributed by atoms with Gasteiger partial charge in [0.1, 0.15) is 5.82 Å². The first-order chi connectivity index (χ1) is 11.1. The Balaban J connectivity index is 2.18. The standard InChI is InChI=1S/C16H16N4O3/c1-10-5-6-11(8-17-10)18-14-12(9-21)16(22)20-7-3-4-13(23-2)15(20)19-14/h3-8,18,21H,9H2,1-2H3. The number of anilines is 2. The lowest BCUT2D eigenvalue weighted by Gasteiger charge is -2.12. The maximum absolute atomic E-state index is 12.5. The van der Waals surface area contributed by atoms with Crippen molar-refractivity contribution in [2.45, 2.75) is 13.5 Å². The van der Waals surface area contributed by atoms with E-state index in [2.05, 4.69) is 15.3 Å². The van der Waals surface area contributed by atoms with Crippen LogP contribution < -0.4 is 15.6 Å². The van der Waals surface area contributed by atoms with E-state index in [9.17, 15) is 9.90 Å². The molecule has 23 heavy (non-hydrogen) atoms. The third-order valence-electron chi connectivity index (χ3n) is 3.46. The van der Waals surface area contributed by atoms with Crippen LogP contribution in [0.15, 0.2) is 41.5 Å². The van der Waals surface area contributed by atoms with Gasteiger partial charge < -0.3 is 15.2 Å². The molecule has 118 valence electrons. The second kappa shape index (κ2) is 6.05. The summed E-state index contributed by atoms with van der Waals surface area (Å²) in [7, 11) is 1.51. The average Bonchev–Trinajstić information content (AvgIpc) is 2.57. The number of fused-ring (bicyclic) bond motifs is 1. The molecule has 0 unspecified atom stereocenters. The Kier molecular flexibility index (Phi) is 3.94. The number of nitrogens with zero attached hydrogens (tertiary/aromatic N) is 3. The molecule has 0 fully saturated rings. The summed E-state index contributed by atoms with van der Waals surface area (Å²) in [6.45, 7) is 1.46. The number of methoxy groups -OCH3 is 1. The van der Waals surface area contributed by atoms with Gasteiger partial charge in [0.25, 0.3) is 5.56 Å². The molecular formula is C16H16N4O3. The van der Waals surface area contributed by atoms with E-state index in [-0.39, 0.29) is 16.9 Å². The number of hydrogen-bond acceptors (Lipinski definition) is 6. The predicted octanol–water partition coefficient (Wildman–Crippen LogP) is 1.64. The van der Waals surface area contributed by atoms with Crippen molar-refractivity contribution in [3.63, 3.8) is 0 Å². The van der Waals surface area contributed by atoms with E-state index in [4.69, 9.17) is 4.74 Å². The van der Waals surface area contributed by atoms with E-state index < -0.39 is 6.61 Å². The molecule has 3 rings (SSSR count). The summed E-state index contributed by atoms with van der Waals surface area (Å²) < 4.78 is 6.60. The van der Waals surface area contributed by atoms with Crippen molar-refractivity contribution in [1.29, 1.82) is 0 Å². The molecule has 3 heterocycles. The summed E-state index contributed by atoms with van der Waals surface area (Å²) in [5.41, 5.74) is 1.76. The summed E-state index contributed by atoms with van der Waals surface area (Å²) in [5, 5.41) is 12.6. The van der Waals surface area contributed by atoms with Gasteiger partial charge in [-0.1, -0.05) is 0 Å². The lowest BCUT2D eigenvalue weighted by molar-refractivity contribution is 0.280. The van der Waals surface area contributed by atoms with Gasteiger partial charge in [-0.15, -0.1) is 0 Å². The molecule has 2 N–H and O–H groups in total. The summed E-state index contributed by atoms with van der Waals surface area (Å²) in [5.74, 6) is 0.756. The Hall–Kier alpha value is -2.93. The Morgan fingerprint density at radius 3 is 2.83 bits per heavy atom. The maximum atomic E-state index is 12.5. The van der Waals surface area contributed by atoms with Crippen molar-refractivity contribution in [3.05, 3.63) is 58.3 Å². The third-order valence-corrected chi connectivity index (χ3v) is 3.46. The van der Waals surface area contributed by atoms with E-state index in [0.29, 0.717) is 17.1 Å². The summed E-state index contributed by atoms with van der Waals surface area (Å²) >= 11 is 0. The van der Waals surface area contributed by atoms with Crippen molar-refractivity contribution in [3.8, 4) is 5.75 Å². The third kappa shape index (κ3) is 2.74. The number of ether oxygens (including phenoxy) is 1. The van der Waals surface area contributed by atoms with Crippen molar-refractivity contribution in [1.82, 2.24) is 14.4 Å². The van der Waals surface area contributed by atoms with Crippen LogP contribution in [-0.4, -0.2) is 26.6 Å². The van der Waals surface area contributed by atoms with Crippen molar-refractivity contribution in [2.24, 2.45) is 0 Å². The van der Waals surface area contributed by atoms with Crippen LogP contribution in [0.1, 0.15) is 11.3 Å². The summed E-state index contributed by atoms with van der Waals surface area (Å²) in [4.78, 5) is 21.2. The van der Waals surface area contributed by atoms with Gasteiger partial charge in [0.05, 0.1) is 31.2 Å². The first-order valence-corrected chi connectivity index (χ1v) is 7.03. The van der Waals surface area contributed by atoms with E-state index in [1.807, 2.05) is 19.1 Å². The van der Waals surface area contributed by atoms with Gasteiger partial charge in [0, 0.05) is 11.9 Å². The van der Waals surface area contributed by atoms with Crippen LogP contribution in [-0.2, 0) is 6.61 Å². The monoisotopic (exact) mass is 312 g/mol. The highest BCUT2D eigenvalue weighted by atomic mass is 16.5. The molecule has 0 aliphatic rings. The number of pyridine rings is 2. The molecule has 0 spiro atoms. The smallest absolute Gasteiger partial charge is 0.265 e. The van der Waals surface area contributed by atoms with Crippen LogP contribution in [0.3, 0.4) is 0 Å². The molecule has 3 aromatic heterocycles. The van der Waals surface area contributed by atoms with Gasteiger partial charge in [-0.3, -0.25) is 14.2 Å². The number of aliphatic hydroxyl groups excluding tert-OH is 1. The van der Waals surface area contributed by atoms with Crippen molar-refractivity contribution in [2.75, 3.05) is 12.4 Å². The molecule has 0 saturated carbocycles. The Bertz CT molecular complexity index is 904. The second-order valence-electron chi connectivity index (χ2n) is 4.99. The highest BCUT2D eigenvalue weighted by Crippen LogP contribution is 2.21. The molecule has 0 aliphatic carbocycles. The van der Waals surface area contributed by atoms with Crippen LogP contribution in [0.25, 0.3) is 5.65 Å². The van der Waals surface area contributed by atoms with Gasteiger partial charge in [0.15, 0.2) is 11.4 Å². The molecule has 0 amide bonds. The topological polar surface area (TPSA) is 88.8 Å². The second-order valence-corrected chi connectivity index (χ2v) is 4.99. The minimum Gasteiger partial charge on any atom is -0.493 e. The number of hydrogen-bond donors (Lipinski definition) is 2. The van der Waals surface area contributed by atoms with Crippen LogP contribution >= 0.6 is 0 Å². The first kappa shape index (κ1) is 15.0. The van der Waals surface area contributed by atoms with Crippen LogP contribution in [0.2, 0.25) is 0 Å². The lowest BCUT2D eigenvalue weighted by Crippen LogP contribution is -2.22. The number of rotatable bonds is 4. The van der Waals surface area contributed by atoms with Crippen LogP contribution in [0.4, 0.5) is 11.5 Å². The number of aryl methyl sites for hydroxylation is 1. The molecule has 7 nitrogen and oxygen atoms in total. The lowest BCUT2D eigenvalue weighted by atomic mass is 10.2. The Labute approximate surface area is 132 Å². The molecule has 0 atom stereocenters. The molecule has 0 saturated heterocycles. The molecule has 0 aliphatic heterocycles. The Morgan fingerprint density at radius 1 is 1.35 bits per heavy atom. The van der Waals surface area contributed by atoms with E-state index in [1.165, 1.54) is 11.5 Å². The minimum absolute atomic E-state index is 0.177. The summed E-state index contributed by atoms with van der Waals surface area (Å²) in [6, 6.07) is 7.08. The average molecular weight is 312 g/mol. The predicted molar refractivity (Wildman–Crippen MR) is 86.2 cm³/mol. The number of nitrogens with one attached hydrogen (secondary N) is 1. The van der Waals surface area contributed by atoms with Gasteiger partial charge in [0.2, 0.25) is 0 Å². The minimum atomic E-state index is -0.423. The van der Waals surface area contributed by atoms with Gasteiger partial charge in [-0.05, 0) is 31.2 Å². The van der Waals surface area contributed by atoms with Gasteiger partial charge in [-0.25, -0.2) is 4.98 Å². The zero-order chi connectivity index (χ0) is 16.4. The van der Waals surface area contributed by atoms with Crippen molar-refractivity contribution >= 4 is 17.2 Å². The summed E-state index contributed by atoms with van der Waals surface area (Å²) in [6.07, 6.45) is 3.23. The number of aliphatic hydroxyl groups is 1. The zero-order valence-corrected chi connectivity index (χ0v) is 12.8. The van der Waals surface area contributed by atoms with Crippen LogP contribution in [0, 0.1) is 6.92 Å². The van der Waals surface area contributed by atoms with Crippen molar-refractivity contribution < 1.29 is 9.84 Å². The molecule has 3 aromatic rings. The van der Waals surface area contributed by atoms with E-state index in [1.54, 1.807) is 24.5 Å². The van der Waals surface area contributed by atoms with Gasteiger partial charge in [-0.2, -0.15) is 0 Å². The highest BCUT2D eigenvalue weighted by Gasteiger charge is 2.14. The highest BCUT2D eigenvalue weighted by molar-refractivity contribution is 5.64. The first-order valence-electron chi connectivity index (χ1n) is 7.03. The Morgan fingerprint density at radius 2 is 2.17 bits per heavy atom. The van der Waals surface area contributed by atoms with Crippen LogP contribution in [0.5, 0.6) is 5.75 Å². The molecule has 0 bridgehead atoms. The fraction of sp³-hybridized carbons (Fsp3) is 0.188. The normalized spacial score (nSPS) is 10.7. The molecular weight excluding hydrogens is 296 g/mol. The molecule has 7 heteroatoms. The molecule has 0 radical (unpaired) electrons.